The number of aryl methyl sites for hydroxylation is 1. The van der Waals surface area contributed by atoms with Crippen molar-refractivity contribution in [3.05, 3.63) is 29.8 Å². The summed E-state index contributed by atoms with van der Waals surface area (Å²) in [6.07, 6.45) is 0. The third-order valence-electron chi connectivity index (χ3n) is 1.32. The number of benzene rings is 1. The van der Waals surface area contributed by atoms with E-state index in [1.54, 1.807) is 12.1 Å². The lowest BCUT2D eigenvalue weighted by molar-refractivity contribution is 0.381. The SMILES string of the molecule is CP(=O)(O)O.Cc1ccc(S(=O)(=O)O)cc1. The molecule has 0 saturated carbocycles. The summed E-state index contributed by atoms with van der Waals surface area (Å²) in [6, 6.07) is 5.99. The lowest BCUT2D eigenvalue weighted by Gasteiger charge is -1.95. The molecule has 0 aliphatic carbocycles. The Hall–Kier alpha value is -0.720. The smallest absolute Gasteiger partial charge is 0.322 e. The minimum absolute atomic E-state index is 0.0666. The van der Waals surface area contributed by atoms with Crippen LogP contribution in [0.15, 0.2) is 29.2 Å². The van der Waals surface area contributed by atoms with Crippen molar-refractivity contribution in [1.29, 1.82) is 0 Å². The van der Waals surface area contributed by atoms with Gasteiger partial charge in [0.2, 0.25) is 0 Å². The average molecular weight is 268 g/mol. The first-order valence-corrected chi connectivity index (χ1v) is 7.57. The van der Waals surface area contributed by atoms with Crippen LogP contribution in [0.3, 0.4) is 0 Å². The van der Waals surface area contributed by atoms with Gasteiger partial charge in [-0.2, -0.15) is 8.42 Å². The summed E-state index contributed by atoms with van der Waals surface area (Å²) >= 11 is 0. The topological polar surface area (TPSA) is 112 Å². The van der Waals surface area contributed by atoms with Crippen molar-refractivity contribution in [2.45, 2.75) is 11.8 Å². The lowest BCUT2D eigenvalue weighted by atomic mass is 10.2. The number of hydrogen-bond acceptors (Lipinski definition) is 3. The third kappa shape index (κ3) is 8.58. The molecule has 0 bridgehead atoms. The third-order valence-corrected chi connectivity index (χ3v) is 2.19. The van der Waals surface area contributed by atoms with Crippen molar-refractivity contribution in [2.24, 2.45) is 0 Å². The fourth-order valence-corrected chi connectivity index (χ4v) is 1.19. The van der Waals surface area contributed by atoms with Gasteiger partial charge in [-0.25, -0.2) is 0 Å². The van der Waals surface area contributed by atoms with Gasteiger partial charge in [-0.1, -0.05) is 17.7 Å². The molecular weight excluding hydrogens is 255 g/mol. The van der Waals surface area contributed by atoms with Gasteiger partial charge in [0.15, 0.2) is 0 Å². The summed E-state index contributed by atoms with van der Waals surface area (Å²) in [7, 11) is -7.66. The van der Waals surface area contributed by atoms with Gasteiger partial charge in [0.1, 0.15) is 0 Å². The van der Waals surface area contributed by atoms with Crippen LogP contribution in [0.4, 0.5) is 0 Å². The van der Waals surface area contributed by atoms with Crippen LogP contribution in [0.1, 0.15) is 5.56 Å². The number of rotatable bonds is 1. The maximum atomic E-state index is 10.5. The van der Waals surface area contributed by atoms with Gasteiger partial charge in [-0.05, 0) is 19.1 Å². The maximum Gasteiger partial charge on any atom is 0.322 e. The molecule has 1 aromatic carbocycles. The molecule has 92 valence electrons. The van der Waals surface area contributed by atoms with Crippen LogP contribution in [-0.2, 0) is 14.7 Å². The van der Waals surface area contributed by atoms with Crippen LogP contribution in [0, 0.1) is 6.92 Å². The van der Waals surface area contributed by atoms with Gasteiger partial charge >= 0.3 is 7.60 Å². The van der Waals surface area contributed by atoms with E-state index in [9.17, 15) is 13.0 Å². The average Bonchev–Trinajstić information content (AvgIpc) is 1.99. The van der Waals surface area contributed by atoms with Crippen LogP contribution >= 0.6 is 7.60 Å². The molecule has 0 amide bonds. The summed E-state index contributed by atoms with van der Waals surface area (Å²) in [6.45, 7) is 2.70. The Morgan fingerprint density at radius 3 is 1.69 bits per heavy atom. The van der Waals surface area contributed by atoms with Crippen LogP contribution < -0.4 is 0 Å². The van der Waals surface area contributed by atoms with Crippen LogP contribution in [0.25, 0.3) is 0 Å². The molecule has 0 saturated heterocycles. The summed E-state index contributed by atoms with van der Waals surface area (Å²) in [5, 5.41) is 0. The highest BCUT2D eigenvalue weighted by Crippen LogP contribution is 2.26. The molecule has 0 aliphatic rings. The van der Waals surface area contributed by atoms with E-state index in [0.717, 1.165) is 12.2 Å². The normalized spacial score (nSPS) is 11.6. The van der Waals surface area contributed by atoms with Gasteiger partial charge < -0.3 is 9.79 Å². The first-order valence-electron chi connectivity index (χ1n) is 4.07. The van der Waals surface area contributed by atoms with E-state index in [4.69, 9.17) is 14.3 Å². The molecule has 0 heterocycles. The second-order valence-electron chi connectivity index (χ2n) is 3.12. The van der Waals surface area contributed by atoms with Gasteiger partial charge in [-0.3, -0.25) is 9.12 Å². The van der Waals surface area contributed by atoms with Crippen LogP contribution in [-0.4, -0.2) is 29.4 Å². The Morgan fingerprint density at radius 2 is 1.44 bits per heavy atom. The predicted molar refractivity (Wildman–Crippen MR) is 59.0 cm³/mol. The molecule has 0 unspecified atom stereocenters. The second-order valence-corrected chi connectivity index (χ2v) is 6.22. The molecule has 0 radical (unpaired) electrons. The Morgan fingerprint density at radius 1 is 1.12 bits per heavy atom. The van der Waals surface area contributed by atoms with Crippen LogP contribution in [0.5, 0.6) is 0 Å². The summed E-state index contributed by atoms with van der Waals surface area (Å²) in [5.74, 6) is 0. The zero-order valence-electron chi connectivity index (χ0n) is 8.73. The summed E-state index contributed by atoms with van der Waals surface area (Å²) in [4.78, 5) is 15.2. The molecule has 0 aromatic heterocycles. The van der Waals surface area contributed by atoms with E-state index in [1.165, 1.54) is 12.1 Å². The Bertz CT molecular complexity index is 463. The molecular formula is C8H13O6PS. The molecule has 1 aromatic rings. The Balaban J connectivity index is 0.000000385. The maximum absolute atomic E-state index is 10.5. The minimum Gasteiger partial charge on any atom is -0.325 e. The molecule has 0 atom stereocenters. The highest BCUT2D eigenvalue weighted by atomic mass is 32.2. The van der Waals surface area contributed by atoms with Gasteiger partial charge in [0.05, 0.1) is 4.90 Å². The quantitative estimate of drug-likeness (QED) is 0.518. The molecule has 6 nitrogen and oxygen atoms in total. The van der Waals surface area contributed by atoms with Gasteiger partial charge in [-0.15, -0.1) is 0 Å². The lowest BCUT2D eigenvalue weighted by Crippen LogP contribution is -1.96. The minimum atomic E-state index is -4.02. The van der Waals surface area contributed by atoms with E-state index in [0.29, 0.717) is 0 Å². The van der Waals surface area contributed by atoms with Crippen molar-refractivity contribution in [3.8, 4) is 0 Å². The molecule has 0 spiro atoms. The molecule has 0 aliphatic heterocycles. The van der Waals surface area contributed by atoms with Gasteiger partial charge in [0, 0.05) is 6.66 Å². The van der Waals surface area contributed by atoms with E-state index >= 15 is 0 Å². The summed E-state index contributed by atoms with van der Waals surface area (Å²) in [5.41, 5.74) is 0.956. The summed E-state index contributed by atoms with van der Waals surface area (Å²) < 4.78 is 38.9. The molecule has 0 fully saturated rings. The van der Waals surface area contributed by atoms with Gasteiger partial charge in [0.25, 0.3) is 10.1 Å². The molecule has 1 rings (SSSR count). The predicted octanol–water partition coefficient (Wildman–Crippen LogP) is 1.04. The van der Waals surface area contributed by atoms with Crippen LogP contribution in [0.2, 0.25) is 0 Å². The Kier molecular flexibility index (Phi) is 5.31. The highest BCUT2D eigenvalue weighted by Gasteiger charge is 2.06. The fourth-order valence-electron chi connectivity index (χ4n) is 0.710. The Labute approximate surface area is 93.8 Å². The molecule has 16 heavy (non-hydrogen) atoms. The molecule has 8 heteroatoms. The van der Waals surface area contributed by atoms with Crippen molar-refractivity contribution < 1.29 is 27.3 Å². The highest BCUT2D eigenvalue weighted by molar-refractivity contribution is 7.85. The standard InChI is InChI=1S/C7H8O3S.CH5O3P/c1-6-2-4-7(5-3-6)11(8,9)10;1-5(2,3)4/h2-5H,1H3,(H,8,9,10);1H3,(H2,2,3,4). The zero-order valence-corrected chi connectivity index (χ0v) is 10.4. The van der Waals surface area contributed by atoms with Crippen molar-refractivity contribution in [2.75, 3.05) is 6.66 Å². The van der Waals surface area contributed by atoms with Crippen molar-refractivity contribution in [3.63, 3.8) is 0 Å². The first kappa shape index (κ1) is 15.3. The molecule has 3 N–H and O–H groups in total. The van der Waals surface area contributed by atoms with Crippen molar-refractivity contribution in [1.82, 2.24) is 0 Å². The first-order chi connectivity index (χ1) is 7.00. The van der Waals surface area contributed by atoms with E-state index in [2.05, 4.69) is 0 Å². The fraction of sp³-hybridized carbons (Fsp3) is 0.250. The van der Waals surface area contributed by atoms with Crippen molar-refractivity contribution >= 4 is 17.7 Å². The van der Waals surface area contributed by atoms with E-state index in [1.807, 2.05) is 6.92 Å². The van der Waals surface area contributed by atoms with E-state index < -0.39 is 17.7 Å². The number of hydrogen-bond donors (Lipinski definition) is 3. The largest absolute Gasteiger partial charge is 0.325 e. The van der Waals surface area contributed by atoms with E-state index in [-0.39, 0.29) is 4.90 Å². The second kappa shape index (κ2) is 5.56. The zero-order chi connectivity index (χ0) is 13.0. The monoisotopic (exact) mass is 268 g/mol.